The van der Waals surface area contributed by atoms with Crippen LogP contribution < -0.4 is 10.6 Å². The number of hydrogen-bond acceptors (Lipinski definition) is 6. The van der Waals surface area contributed by atoms with Gasteiger partial charge in [-0.15, -0.1) is 0 Å². The Bertz CT molecular complexity index is 1320. The number of benzene rings is 2. The molecule has 15 heteroatoms. The lowest BCUT2D eigenvalue weighted by atomic mass is 9.54. The second kappa shape index (κ2) is 11.5. The number of carbonyl (C=O) groups excluding carboxylic acids is 3. The summed E-state index contributed by atoms with van der Waals surface area (Å²) in [5, 5.41) is 5.08. The van der Waals surface area contributed by atoms with Crippen LogP contribution in [0.1, 0.15) is 39.9 Å². The van der Waals surface area contributed by atoms with E-state index in [1.54, 1.807) is 19.8 Å². The average molecular weight is 547 g/mol. The van der Waals surface area contributed by atoms with Crippen molar-refractivity contribution in [1.29, 1.82) is 0 Å². The van der Waals surface area contributed by atoms with Gasteiger partial charge < -0.3 is 30.0 Å². The molecule has 2 aromatic carbocycles. The highest BCUT2D eigenvalue weighted by Gasteiger charge is 2.54. The topological polar surface area (TPSA) is 91.0 Å². The maximum atomic E-state index is 13.9. The summed E-state index contributed by atoms with van der Waals surface area (Å²) in [4.78, 5) is 42.5. The number of ether oxygens (including phenoxy) is 1. The first kappa shape index (κ1) is 31.2. The van der Waals surface area contributed by atoms with Crippen LogP contribution in [0.25, 0.3) is 0 Å². The van der Waals surface area contributed by atoms with Gasteiger partial charge in [0, 0.05) is 43.1 Å². The highest BCUT2D eigenvalue weighted by atomic mass is 16.5. The van der Waals surface area contributed by atoms with E-state index >= 15 is 0 Å². The van der Waals surface area contributed by atoms with Crippen molar-refractivity contribution in [3.63, 3.8) is 0 Å². The molecule has 4 rings (SSSR count). The van der Waals surface area contributed by atoms with Gasteiger partial charge in [-0.1, -0.05) is 30.3 Å². The van der Waals surface area contributed by atoms with Gasteiger partial charge in [-0.25, -0.2) is 0 Å². The number of amides is 2. The molecule has 1 saturated heterocycles. The second-order valence-corrected chi connectivity index (χ2v) is 13.0. The molecule has 0 saturated carbocycles. The first-order valence-corrected chi connectivity index (χ1v) is 14.6. The Kier molecular flexibility index (Phi) is 8.73. The lowest BCUT2D eigenvalue weighted by molar-refractivity contribution is -0.128. The number of fused-ring (bicyclic) bond motifs is 1. The third-order valence-corrected chi connectivity index (χ3v) is 9.19. The van der Waals surface area contributed by atoms with Gasteiger partial charge in [-0.3, -0.25) is 9.59 Å². The summed E-state index contributed by atoms with van der Waals surface area (Å²) in [6, 6.07) is 14.5. The molecule has 1 fully saturated rings. The van der Waals surface area contributed by atoms with Crippen LogP contribution in [0.3, 0.4) is 0 Å². The van der Waals surface area contributed by atoms with Crippen LogP contribution in [0.15, 0.2) is 42.5 Å². The molecule has 41 heavy (non-hydrogen) atoms. The number of morpholine rings is 1. The van der Waals surface area contributed by atoms with Crippen LogP contribution in [0.2, 0.25) is 0 Å². The number of anilines is 1. The third-order valence-electron chi connectivity index (χ3n) is 9.19. The summed E-state index contributed by atoms with van der Waals surface area (Å²) in [7, 11) is 16.0. The number of carbonyl (C=O) groups is 3. The van der Waals surface area contributed by atoms with Crippen molar-refractivity contribution >= 4 is 78.7 Å². The zero-order chi connectivity index (χ0) is 30.2. The van der Waals surface area contributed by atoms with E-state index < -0.39 is 16.1 Å². The summed E-state index contributed by atoms with van der Waals surface area (Å²) < 4.78 is 5.56. The number of hydrogen-bond donors (Lipinski definition) is 2. The second-order valence-electron chi connectivity index (χ2n) is 13.0. The van der Waals surface area contributed by atoms with Crippen molar-refractivity contribution in [1.82, 2.24) is 15.1 Å². The molecule has 2 aliphatic rings. The summed E-state index contributed by atoms with van der Waals surface area (Å²) >= 11 is 0. The van der Waals surface area contributed by atoms with Crippen LogP contribution in [-0.4, -0.2) is 122 Å². The van der Waals surface area contributed by atoms with Crippen molar-refractivity contribution in [3.05, 3.63) is 64.7 Å². The molecule has 2 heterocycles. The SMILES string of the molecule is BC(B)(Nc1cccc2c1C(B)(B)N(C(B)(CCC=O)C(=O)NC)C2=O)c1ccc(C(B)(B)N2CCOCC2)cc1. The Morgan fingerprint density at radius 1 is 1.02 bits per heavy atom. The number of nitrogens with zero attached hydrogens (tertiary/aromatic N) is 2. The molecule has 8 nitrogen and oxygen atoms in total. The van der Waals surface area contributed by atoms with Gasteiger partial charge >= 0.3 is 0 Å². The van der Waals surface area contributed by atoms with E-state index in [0.717, 1.165) is 49.4 Å². The minimum atomic E-state index is -1.19. The Hall–Kier alpha value is -2.78. The summed E-state index contributed by atoms with van der Waals surface area (Å²) in [6.07, 6.45) is 1.21. The average Bonchev–Trinajstić information content (AvgIpc) is 3.17. The van der Waals surface area contributed by atoms with Crippen molar-refractivity contribution in [3.8, 4) is 0 Å². The molecule has 1 atom stereocenters. The Morgan fingerprint density at radius 2 is 1.63 bits per heavy atom. The van der Waals surface area contributed by atoms with Gasteiger partial charge in [0.1, 0.15) is 61.2 Å². The molecule has 208 valence electrons. The van der Waals surface area contributed by atoms with Gasteiger partial charge in [0.25, 0.3) is 5.91 Å². The van der Waals surface area contributed by atoms with Crippen molar-refractivity contribution in [2.45, 2.75) is 34.3 Å². The van der Waals surface area contributed by atoms with Crippen LogP contribution in [0.5, 0.6) is 0 Å². The summed E-state index contributed by atoms with van der Waals surface area (Å²) in [6.45, 7) is 3.35. The zero-order valence-electron chi connectivity index (χ0n) is 25.9. The van der Waals surface area contributed by atoms with Crippen molar-refractivity contribution in [2.75, 3.05) is 38.7 Å². The van der Waals surface area contributed by atoms with Crippen LogP contribution in [-0.2, 0) is 30.3 Å². The number of nitrogens with one attached hydrogen (secondary N) is 2. The predicted octanol–water partition coefficient (Wildman–Crippen LogP) is -5.23. The molecule has 2 amide bonds. The number of likely N-dealkylation sites (N-methyl/N-ethyl adjacent to an activating group) is 1. The third kappa shape index (κ3) is 5.55. The Morgan fingerprint density at radius 3 is 2.22 bits per heavy atom. The maximum Gasteiger partial charge on any atom is 0.253 e. The minimum Gasteiger partial charge on any atom is -0.391 e. The Balaban J connectivity index is 1.66. The molecule has 0 aromatic heterocycles. The molecule has 0 bridgehead atoms. The Labute approximate surface area is 250 Å². The molecule has 2 aromatic rings. The van der Waals surface area contributed by atoms with Gasteiger partial charge in [0.15, 0.2) is 0 Å². The van der Waals surface area contributed by atoms with E-state index in [1.807, 2.05) is 33.9 Å². The van der Waals surface area contributed by atoms with E-state index in [-0.39, 0.29) is 30.0 Å². The minimum absolute atomic E-state index is 0.102. The van der Waals surface area contributed by atoms with E-state index in [4.69, 9.17) is 4.74 Å². The molecule has 2 N–H and O–H groups in total. The smallest absolute Gasteiger partial charge is 0.253 e. The van der Waals surface area contributed by atoms with Gasteiger partial charge in [0.2, 0.25) is 5.91 Å². The van der Waals surface area contributed by atoms with E-state index in [2.05, 4.69) is 71.2 Å². The van der Waals surface area contributed by atoms with E-state index in [1.165, 1.54) is 5.56 Å². The highest BCUT2D eigenvalue weighted by molar-refractivity contribution is 6.46. The first-order valence-electron chi connectivity index (χ1n) is 14.6. The maximum absolute atomic E-state index is 13.9. The number of aldehydes is 1. The molecule has 0 radical (unpaired) electrons. The fraction of sp³-hybridized carbons (Fsp3) is 0.423. The quantitative estimate of drug-likeness (QED) is 0.229. The van der Waals surface area contributed by atoms with Crippen LogP contribution >= 0.6 is 0 Å². The monoisotopic (exact) mass is 548 g/mol. The summed E-state index contributed by atoms with van der Waals surface area (Å²) in [5.41, 5.74) is 3.46. The van der Waals surface area contributed by atoms with Crippen LogP contribution in [0.4, 0.5) is 5.69 Å². The zero-order valence-corrected chi connectivity index (χ0v) is 25.9. The largest absolute Gasteiger partial charge is 0.391 e. The highest BCUT2D eigenvalue weighted by Crippen LogP contribution is 2.44. The normalized spacial score (nSPS) is 18.8. The van der Waals surface area contributed by atoms with Crippen molar-refractivity contribution in [2.24, 2.45) is 0 Å². The first-order chi connectivity index (χ1) is 19.2. The summed E-state index contributed by atoms with van der Waals surface area (Å²) in [5.74, 6) is -0.498. The number of rotatable bonds is 10. The van der Waals surface area contributed by atoms with E-state index in [0.29, 0.717) is 5.56 Å². The molecular weight excluding hydrogens is 508 g/mol. The standard InChI is InChI=1S/C26H39B7N4O4/c1-34-22(40)23(27,10-3-13-38)37-21(39)18-4-2-5-19(20(18)26(37,32)33)35-24(28,29)16-6-8-17(9-7-16)25(30,31)36-11-14-41-15-12-36/h2,4-9,13,35H,3,10-12,14-15,27-33H2,1H3,(H,34,40). The molecule has 1 unspecified atom stereocenters. The van der Waals surface area contributed by atoms with Gasteiger partial charge in [-0.2, -0.15) is 0 Å². The molecule has 2 aliphatic heterocycles. The predicted molar refractivity (Wildman–Crippen MR) is 182 cm³/mol. The molecule has 0 aliphatic carbocycles. The van der Waals surface area contributed by atoms with Crippen LogP contribution in [0, 0.1) is 0 Å². The van der Waals surface area contributed by atoms with E-state index in [9.17, 15) is 14.4 Å². The van der Waals surface area contributed by atoms with Gasteiger partial charge in [-0.05, 0) is 45.9 Å². The lowest BCUT2D eigenvalue weighted by Crippen LogP contribution is -2.65. The molecule has 0 spiro atoms. The molecular formula is C26H39B7N4O4. The fourth-order valence-corrected chi connectivity index (χ4v) is 6.77. The fourth-order valence-electron chi connectivity index (χ4n) is 6.77. The van der Waals surface area contributed by atoms with Gasteiger partial charge in [0.05, 0.1) is 18.7 Å². The van der Waals surface area contributed by atoms with Crippen molar-refractivity contribution < 1.29 is 19.1 Å². The lowest BCUT2D eigenvalue weighted by Gasteiger charge is -2.46.